The molecule has 3 aromatic carbocycles. The molecule has 0 amide bonds. The SMILES string of the molecule is O=C1C=C(c2ccc(Cl)cc2)C[C@]2(O1)C(=O)c1ccccc1-c1ccccc12. The van der Waals surface area contributed by atoms with Crippen LogP contribution in [0, 0.1) is 0 Å². The zero-order chi connectivity index (χ0) is 19.3. The second-order valence-electron chi connectivity index (χ2n) is 7.02. The Kier molecular flexibility index (Phi) is 3.74. The third-order valence-corrected chi connectivity index (χ3v) is 5.66. The van der Waals surface area contributed by atoms with Gasteiger partial charge in [0.1, 0.15) is 0 Å². The molecule has 28 heavy (non-hydrogen) atoms. The summed E-state index contributed by atoms with van der Waals surface area (Å²) in [4.78, 5) is 26.2. The smallest absolute Gasteiger partial charge is 0.332 e. The summed E-state index contributed by atoms with van der Waals surface area (Å²) in [6.07, 6.45) is 1.75. The molecular formula is C24H15ClO3. The first kappa shape index (κ1) is 17.0. The van der Waals surface area contributed by atoms with Crippen molar-refractivity contribution in [2.24, 2.45) is 0 Å². The number of hydrogen-bond donors (Lipinski definition) is 0. The van der Waals surface area contributed by atoms with E-state index in [9.17, 15) is 9.59 Å². The number of ether oxygens (including phenoxy) is 1. The third-order valence-electron chi connectivity index (χ3n) is 5.41. The van der Waals surface area contributed by atoms with Gasteiger partial charge in [-0.1, -0.05) is 72.3 Å². The number of rotatable bonds is 1. The monoisotopic (exact) mass is 386 g/mol. The number of halogens is 1. The van der Waals surface area contributed by atoms with E-state index in [1.54, 1.807) is 18.2 Å². The maximum absolute atomic E-state index is 13.6. The third kappa shape index (κ3) is 2.44. The lowest BCUT2D eigenvalue weighted by molar-refractivity contribution is -0.151. The highest BCUT2D eigenvalue weighted by Gasteiger charge is 2.51. The van der Waals surface area contributed by atoms with Crippen LogP contribution in [0.4, 0.5) is 0 Å². The molecule has 0 N–H and O–H groups in total. The molecule has 0 radical (unpaired) electrons. The van der Waals surface area contributed by atoms with Gasteiger partial charge in [-0.05, 0) is 34.4 Å². The van der Waals surface area contributed by atoms with Gasteiger partial charge >= 0.3 is 5.97 Å². The van der Waals surface area contributed by atoms with E-state index in [1.807, 2.05) is 54.6 Å². The summed E-state index contributed by atoms with van der Waals surface area (Å²) in [5, 5.41) is 0.616. The molecule has 5 rings (SSSR count). The number of carbonyl (C=O) groups excluding carboxylic acids is 2. The van der Waals surface area contributed by atoms with Gasteiger partial charge in [-0.3, -0.25) is 4.79 Å². The van der Waals surface area contributed by atoms with Crippen LogP contribution in [-0.2, 0) is 15.1 Å². The lowest BCUT2D eigenvalue weighted by Gasteiger charge is -2.40. The highest BCUT2D eigenvalue weighted by molar-refractivity contribution is 6.30. The molecule has 0 bridgehead atoms. The molecule has 3 nitrogen and oxygen atoms in total. The fourth-order valence-electron chi connectivity index (χ4n) is 4.15. The fraction of sp³-hybridized carbons (Fsp3) is 0.0833. The van der Waals surface area contributed by atoms with Gasteiger partial charge in [0.15, 0.2) is 0 Å². The lowest BCUT2D eigenvalue weighted by Crippen LogP contribution is -2.45. The standard InChI is InChI=1S/C24H15ClO3/c25-17-11-9-15(10-12-17)16-13-22(26)28-24(14-16)21-8-4-3-6-19(21)18-5-1-2-7-20(18)23(24)27/h1-13H,14H2/t24-/m1/s1. The Morgan fingerprint density at radius 2 is 1.43 bits per heavy atom. The number of esters is 1. The van der Waals surface area contributed by atoms with Crippen LogP contribution >= 0.6 is 11.6 Å². The molecule has 0 fully saturated rings. The van der Waals surface area contributed by atoms with Crippen molar-refractivity contribution in [1.29, 1.82) is 0 Å². The predicted molar refractivity (Wildman–Crippen MR) is 108 cm³/mol. The minimum atomic E-state index is -1.36. The van der Waals surface area contributed by atoms with Crippen molar-refractivity contribution in [3.05, 3.63) is 101 Å². The Bertz CT molecular complexity index is 1160. The molecule has 0 unspecified atom stereocenters. The summed E-state index contributed by atoms with van der Waals surface area (Å²) in [5.41, 5.74) is 3.35. The molecule has 1 aliphatic heterocycles. The number of hydrogen-bond acceptors (Lipinski definition) is 3. The van der Waals surface area contributed by atoms with Gasteiger partial charge in [-0.25, -0.2) is 4.79 Å². The normalized spacial score (nSPS) is 20.2. The zero-order valence-corrected chi connectivity index (χ0v) is 15.6. The van der Waals surface area contributed by atoms with Gasteiger partial charge in [-0.15, -0.1) is 0 Å². The quantitative estimate of drug-likeness (QED) is 0.524. The molecule has 1 heterocycles. The van der Waals surface area contributed by atoms with Crippen LogP contribution in [0.15, 0.2) is 78.9 Å². The summed E-state index contributed by atoms with van der Waals surface area (Å²) in [6.45, 7) is 0. The van der Waals surface area contributed by atoms with Gasteiger partial charge in [0.05, 0.1) is 0 Å². The van der Waals surface area contributed by atoms with Crippen molar-refractivity contribution >= 4 is 28.9 Å². The van der Waals surface area contributed by atoms with Crippen molar-refractivity contribution in [3.8, 4) is 11.1 Å². The van der Waals surface area contributed by atoms with E-state index in [-0.39, 0.29) is 12.2 Å². The van der Waals surface area contributed by atoms with Crippen LogP contribution in [0.2, 0.25) is 5.02 Å². The summed E-state index contributed by atoms with van der Waals surface area (Å²) >= 11 is 6.00. The number of Topliss-reactive ketones (excluding diaryl/α,β-unsaturated/α-hetero) is 1. The molecule has 0 saturated carbocycles. The molecule has 0 saturated heterocycles. The summed E-state index contributed by atoms with van der Waals surface area (Å²) in [7, 11) is 0. The molecule has 0 aromatic heterocycles. The van der Waals surface area contributed by atoms with Gasteiger partial charge in [0, 0.05) is 28.6 Å². The Morgan fingerprint density at radius 3 is 2.18 bits per heavy atom. The number of fused-ring (bicyclic) bond motifs is 4. The highest BCUT2D eigenvalue weighted by atomic mass is 35.5. The van der Waals surface area contributed by atoms with Crippen LogP contribution < -0.4 is 0 Å². The second-order valence-corrected chi connectivity index (χ2v) is 7.46. The summed E-state index contributed by atoms with van der Waals surface area (Å²) < 4.78 is 5.79. The Labute approximate surface area is 167 Å². The number of carbonyl (C=O) groups is 2. The first-order valence-corrected chi connectivity index (χ1v) is 9.39. The van der Waals surface area contributed by atoms with E-state index in [0.29, 0.717) is 10.6 Å². The van der Waals surface area contributed by atoms with E-state index in [1.165, 1.54) is 6.08 Å². The maximum Gasteiger partial charge on any atom is 0.332 e. The molecule has 2 aliphatic rings. The lowest BCUT2D eigenvalue weighted by atomic mass is 9.70. The van der Waals surface area contributed by atoms with Crippen molar-refractivity contribution in [2.45, 2.75) is 12.0 Å². The first-order valence-electron chi connectivity index (χ1n) is 9.02. The molecular weight excluding hydrogens is 372 g/mol. The highest BCUT2D eigenvalue weighted by Crippen LogP contribution is 2.49. The van der Waals surface area contributed by atoms with E-state index < -0.39 is 11.6 Å². The van der Waals surface area contributed by atoms with E-state index in [2.05, 4.69) is 0 Å². The van der Waals surface area contributed by atoms with Crippen molar-refractivity contribution in [3.63, 3.8) is 0 Å². The molecule has 1 spiro atoms. The van der Waals surface area contributed by atoms with Crippen LogP contribution in [0.5, 0.6) is 0 Å². The summed E-state index contributed by atoms with van der Waals surface area (Å²) in [5.74, 6) is -0.701. The zero-order valence-electron chi connectivity index (χ0n) is 14.8. The van der Waals surface area contributed by atoms with Gasteiger partial charge in [-0.2, -0.15) is 0 Å². The van der Waals surface area contributed by atoms with Crippen LogP contribution in [0.25, 0.3) is 16.7 Å². The molecule has 136 valence electrons. The van der Waals surface area contributed by atoms with E-state index in [0.717, 1.165) is 27.8 Å². The predicted octanol–water partition coefficient (Wildman–Crippen LogP) is 5.43. The maximum atomic E-state index is 13.6. The molecule has 3 aromatic rings. The summed E-state index contributed by atoms with van der Waals surface area (Å²) in [6, 6.07) is 22.4. The Hall–Kier alpha value is -3.17. The Balaban J connectivity index is 1.71. The van der Waals surface area contributed by atoms with Crippen LogP contribution in [0.1, 0.15) is 27.9 Å². The van der Waals surface area contributed by atoms with Gasteiger partial charge in [0.25, 0.3) is 0 Å². The van der Waals surface area contributed by atoms with Crippen molar-refractivity contribution in [1.82, 2.24) is 0 Å². The number of benzene rings is 3. The topological polar surface area (TPSA) is 43.4 Å². The van der Waals surface area contributed by atoms with Crippen molar-refractivity contribution < 1.29 is 14.3 Å². The number of ketones is 1. The largest absolute Gasteiger partial charge is 0.442 e. The van der Waals surface area contributed by atoms with E-state index in [4.69, 9.17) is 16.3 Å². The first-order chi connectivity index (χ1) is 13.6. The molecule has 1 atom stereocenters. The average molecular weight is 387 g/mol. The van der Waals surface area contributed by atoms with Gasteiger partial charge in [0.2, 0.25) is 11.4 Å². The Morgan fingerprint density at radius 1 is 0.786 bits per heavy atom. The van der Waals surface area contributed by atoms with E-state index >= 15 is 0 Å². The average Bonchev–Trinajstić information content (AvgIpc) is 2.72. The fourth-order valence-corrected chi connectivity index (χ4v) is 4.28. The van der Waals surface area contributed by atoms with Gasteiger partial charge < -0.3 is 4.74 Å². The molecule has 1 aliphatic carbocycles. The van der Waals surface area contributed by atoms with Crippen molar-refractivity contribution in [2.75, 3.05) is 0 Å². The molecule has 4 heteroatoms. The second kappa shape index (κ2) is 6.18. The minimum absolute atomic E-state index is 0.185. The van der Waals surface area contributed by atoms with Crippen LogP contribution in [0.3, 0.4) is 0 Å². The minimum Gasteiger partial charge on any atom is -0.442 e. The van der Waals surface area contributed by atoms with Crippen LogP contribution in [-0.4, -0.2) is 11.8 Å².